The second-order valence-electron chi connectivity index (χ2n) is 4.20. The van der Waals surface area contributed by atoms with Crippen molar-refractivity contribution >= 4 is 27.4 Å². The minimum absolute atomic E-state index is 0.0127. The first kappa shape index (κ1) is 14.7. The summed E-state index contributed by atoms with van der Waals surface area (Å²) in [5, 5.41) is 0.0127. The van der Waals surface area contributed by atoms with E-state index in [0.717, 1.165) is 18.4 Å². The summed E-state index contributed by atoms with van der Waals surface area (Å²) in [6.45, 7) is 2.07. The van der Waals surface area contributed by atoms with Crippen molar-refractivity contribution in [3.05, 3.63) is 47.4 Å². The molecular formula is C13H14ClN3O2S. The molecule has 7 heteroatoms. The van der Waals surface area contributed by atoms with E-state index in [0.29, 0.717) is 0 Å². The van der Waals surface area contributed by atoms with Gasteiger partial charge >= 0.3 is 0 Å². The van der Waals surface area contributed by atoms with E-state index >= 15 is 0 Å². The maximum atomic E-state index is 12.2. The van der Waals surface area contributed by atoms with Crippen molar-refractivity contribution in [2.45, 2.75) is 24.7 Å². The van der Waals surface area contributed by atoms with Crippen LogP contribution in [0.5, 0.6) is 0 Å². The number of halogens is 1. The first-order chi connectivity index (χ1) is 9.53. The highest BCUT2D eigenvalue weighted by molar-refractivity contribution is 7.92. The Morgan fingerprint density at radius 2 is 1.80 bits per heavy atom. The van der Waals surface area contributed by atoms with Gasteiger partial charge in [0.25, 0.3) is 10.0 Å². The summed E-state index contributed by atoms with van der Waals surface area (Å²) in [5.74, 6) is 0.0202. The van der Waals surface area contributed by atoms with Crippen LogP contribution in [0.3, 0.4) is 0 Å². The SMILES string of the molecule is CCCc1ccc(S(=O)(=O)Nc2nccnc2Cl)cc1. The molecule has 1 aromatic carbocycles. The zero-order valence-electron chi connectivity index (χ0n) is 10.9. The molecule has 0 aliphatic heterocycles. The highest BCUT2D eigenvalue weighted by atomic mass is 35.5. The molecule has 5 nitrogen and oxygen atoms in total. The number of rotatable bonds is 5. The third kappa shape index (κ3) is 3.46. The number of nitrogens with one attached hydrogen (secondary N) is 1. The van der Waals surface area contributed by atoms with Crippen LogP contribution in [0.2, 0.25) is 5.15 Å². The third-order valence-electron chi connectivity index (χ3n) is 2.66. The number of benzene rings is 1. The number of hydrogen-bond acceptors (Lipinski definition) is 4. The van der Waals surface area contributed by atoms with Gasteiger partial charge in [0.05, 0.1) is 4.90 Å². The molecule has 0 spiro atoms. The first-order valence-electron chi connectivity index (χ1n) is 6.11. The van der Waals surface area contributed by atoms with E-state index in [1.165, 1.54) is 12.4 Å². The van der Waals surface area contributed by atoms with Crippen molar-refractivity contribution in [2.75, 3.05) is 4.72 Å². The van der Waals surface area contributed by atoms with E-state index in [1.54, 1.807) is 24.3 Å². The van der Waals surface area contributed by atoms with Crippen LogP contribution < -0.4 is 4.72 Å². The molecule has 1 N–H and O–H groups in total. The van der Waals surface area contributed by atoms with Crippen LogP contribution in [-0.4, -0.2) is 18.4 Å². The summed E-state index contributed by atoms with van der Waals surface area (Å²) in [6, 6.07) is 6.74. The summed E-state index contributed by atoms with van der Waals surface area (Å²) in [7, 11) is -3.70. The molecule has 0 aliphatic carbocycles. The predicted octanol–water partition coefficient (Wildman–Crippen LogP) is 2.88. The number of hydrogen-bond donors (Lipinski definition) is 1. The molecule has 0 saturated carbocycles. The number of nitrogens with zero attached hydrogens (tertiary/aromatic N) is 2. The monoisotopic (exact) mass is 311 g/mol. The minimum atomic E-state index is -3.70. The summed E-state index contributed by atoms with van der Waals surface area (Å²) < 4.78 is 26.7. The van der Waals surface area contributed by atoms with Crippen molar-refractivity contribution < 1.29 is 8.42 Å². The lowest BCUT2D eigenvalue weighted by molar-refractivity contribution is 0.601. The fraction of sp³-hybridized carbons (Fsp3) is 0.231. The van der Waals surface area contributed by atoms with Gasteiger partial charge in [0.1, 0.15) is 0 Å². The van der Waals surface area contributed by atoms with Crippen LogP contribution in [0.25, 0.3) is 0 Å². The second-order valence-corrected chi connectivity index (χ2v) is 6.24. The Balaban J connectivity index is 2.24. The van der Waals surface area contributed by atoms with Crippen molar-refractivity contribution in [3.8, 4) is 0 Å². The molecule has 106 valence electrons. The summed E-state index contributed by atoms with van der Waals surface area (Å²) in [4.78, 5) is 7.79. The standard InChI is InChI=1S/C13H14ClN3O2S/c1-2-3-10-4-6-11(7-5-10)20(18,19)17-13-12(14)15-8-9-16-13/h4-9H,2-3H2,1H3,(H,16,17). The molecule has 0 unspecified atom stereocenters. The van der Waals surface area contributed by atoms with Crippen LogP contribution in [0.15, 0.2) is 41.6 Å². The number of sulfonamides is 1. The summed E-state index contributed by atoms with van der Waals surface area (Å²) >= 11 is 5.78. The highest BCUT2D eigenvalue weighted by Crippen LogP contribution is 2.20. The van der Waals surface area contributed by atoms with E-state index < -0.39 is 10.0 Å². The van der Waals surface area contributed by atoms with E-state index in [-0.39, 0.29) is 15.9 Å². The largest absolute Gasteiger partial charge is 0.263 e. The van der Waals surface area contributed by atoms with Crippen LogP contribution in [0, 0.1) is 0 Å². The lowest BCUT2D eigenvalue weighted by atomic mass is 10.1. The topological polar surface area (TPSA) is 72.0 Å². The van der Waals surface area contributed by atoms with Gasteiger partial charge in [-0.2, -0.15) is 0 Å². The fourth-order valence-corrected chi connectivity index (χ4v) is 2.92. The lowest BCUT2D eigenvalue weighted by Crippen LogP contribution is -2.14. The zero-order chi connectivity index (χ0) is 14.6. The molecule has 2 rings (SSSR count). The second kappa shape index (κ2) is 6.19. The third-order valence-corrected chi connectivity index (χ3v) is 4.29. The van der Waals surface area contributed by atoms with Gasteiger partial charge in [-0.15, -0.1) is 0 Å². The van der Waals surface area contributed by atoms with Gasteiger partial charge in [0.2, 0.25) is 0 Å². The van der Waals surface area contributed by atoms with Crippen LogP contribution in [-0.2, 0) is 16.4 Å². The molecule has 0 aliphatic rings. The Morgan fingerprint density at radius 3 is 2.40 bits per heavy atom. The van der Waals surface area contributed by atoms with E-state index in [1.807, 2.05) is 0 Å². The van der Waals surface area contributed by atoms with E-state index in [4.69, 9.17) is 11.6 Å². The van der Waals surface area contributed by atoms with Crippen molar-refractivity contribution in [2.24, 2.45) is 0 Å². The molecule has 0 atom stereocenters. The molecule has 1 aromatic heterocycles. The quantitative estimate of drug-likeness (QED) is 0.921. The number of aryl methyl sites for hydroxylation is 1. The zero-order valence-corrected chi connectivity index (χ0v) is 12.4. The Morgan fingerprint density at radius 1 is 1.15 bits per heavy atom. The van der Waals surface area contributed by atoms with Crippen molar-refractivity contribution in [1.29, 1.82) is 0 Å². The number of aromatic nitrogens is 2. The Labute approximate surface area is 123 Å². The fourth-order valence-electron chi connectivity index (χ4n) is 1.70. The van der Waals surface area contributed by atoms with E-state index in [2.05, 4.69) is 21.6 Å². The van der Waals surface area contributed by atoms with Crippen LogP contribution in [0.4, 0.5) is 5.82 Å². The molecule has 20 heavy (non-hydrogen) atoms. The maximum Gasteiger partial charge on any atom is 0.263 e. The molecule has 1 heterocycles. The summed E-state index contributed by atoms with van der Waals surface area (Å²) in [5.41, 5.74) is 1.10. The van der Waals surface area contributed by atoms with Crippen molar-refractivity contribution in [3.63, 3.8) is 0 Å². The molecule has 0 fully saturated rings. The predicted molar refractivity (Wildman–Crippen MR) is 78.3 cm³/mol. The normalized spacial score (nSPS) is 11.3. The molecule has 2 aromatic rings. The molecule has 0 amide bonds. The Kier molecular flexibility index (Phi) is 4.57. The van der Waals surface area contributed by atoms with Gasteiger partial charge in [-0.3, -0.25) is 4.72 Å². The summed E-state index contributed by atoms with van der Waals surface area (Å²) in [6.07, 6.45) is 4.69. The van der Waals surface area contributed by atoms with Crippen LogP contribution in [0.1, 0.15) is 18.9 Å². The average molecular weight is 312 g/mol. The van der Waals surface area contributed by atoms with Gasteiger partial charge in [-0.25, -0.2) is 18.4 Å². The first-order valence-corrected chi connectivity index (χ1v) is 7.97. The van der Waals surface area contributed by atoms with Gasteiger partial charge in [-0.1, -0.05) is 37.1 Å². The van der Waals surface area contributed by atoms with Gasteiger partial charge < -0.3 is 0 Å². The van der Waals surface area contributed by atoms with E-state index in [9.17, 15) is 8.42 Å². The lowest BCUT2D eigenvalue weighted by Gasteiger charge is -2.08. The Hall–Kier alpha value is -1.66. The van der Waals surface area contributed by atoms with Gasteiger partial charge in [0.15, 0.2) is 11.0 Å². The Bertz CT molecular complexity index is 687. The average Bonchev–Trinajstić information content (AvgIpc) is 2.42. The molecule has 0 radical (unpaired) electrons. The van der Waals surface area contributed by atoms with Gasteiger partial charge in [0, 0.05) is 12.4 Å². The minimum Gasteiger partial charge on any atom is -0.261 e. The maximum absolute atomic E-state index is 12.2. The smallest absolute Gasteiger partial charge is 0.261 e. The molecule has 0 saturated heterocycles. The molecular weight excluding hydrogens is 298 g/mol. The van der Waals surface area contributed by atoms with Crippen LogP contribution >= 0.6 is 11.6 Å². The number of anilines is 1. The van der Waals surface area contributed by atoms with Crippen molar-refractivity contribution in [1.82, 2.24) is 9.97 Å². The molecule has 0 bridgehead atoms. The highest BCUT2D eigenvalue weighted by Gasteiger charge is 2.16. The van der Waals surface area contributed by atoms with Gasteiger partial charge in [-0.05, 0) is 24.1 Å².